The highest BCUT2D eigenvalue weighted by molar-refractivity contribution is 5.76. The molecule has 28 heavy (non-hydrogen) atoms. The zero-order chi connectivity index (χ0) is 19.9. The smallest absolute Gasteiger partial charge is 0.325 e. The molecule has 3 rings (SSSR count). The second-order valence-electron chi connectivity index (χ2n) is 6.89. The number of methoxy groups -OCH3 is 2. The quantitative estimate of drug-likeness (QED) is 0.750. The molecule has 0 aliphatic carbocycles. The maximum Gasteiger partial charge on any atom is 0.325 e. The van der Waals surface area contributed by atoms with Crippen molar-refractivity contribution in [1.29, 1.82) is 0 Å². The third-order valence-corrected chi connectivity index (χ3v) is 5.13. The topological polar surface area (TPSA) is 68.2 Å². The van der Waals surface area contributed by atoms with Gasteiger partial charge in [-0.1, -0.05) is 36.4 Å². The van der Waals surface area contributed by atoms with Gasteiger partial charge in [0.1, 0.15) is 6.04 Å². The SMILES string of the molecule is COc1ccc(C(C(=O)O)N2CCC(OCc3ccccc3)CC2)cc1OC. The van der Waals surface area contributed by atoms with Crippen LogP contribution in [0.15, 0.2) is 48.5 Å². The molecule has 0 saturated carbocycles. The molecular weight excluding hydrogens is 358 g/mol. The lowest BCUT2D eigenvalue weighted by Gasteiger charge is -2.35. The van der Waals surface area contributed by atoms with Gasteiger partial charge in [0.05, 0.1) is 26.9 Å². The van der Waals surface area contributed by atoms with Crippen LogP contribution < -0.4 is 9.47 Å². The summed E-state index contributed by atoms with van der Waals surface area (Å²) < 4.78 is 16.6. The molecule has 0 radical (unpaired) electrons. The van der Waals surface area contributed by atoms with Crippen molar-refractivity contribution in [2.75, 3.05) is 27.3 Å². The Morgan fingerprint density at radius 1 is 1.07 bits per heavy atom. The number of ether oxygens (including phenoxy) is 3. The van der Waals surface area contributed by atoms with Gasteiger partial charge >= 0.3 is 5.97 Å². The number of nitrogens with zero attached hydrogens (tertiary/aromatic N) is 1. The van der Waals surface area contributed by atoms with Gasteiger partial charge < -0.3 is 19.3 Å². The molecule has 1 aliphatic rings. The number of hydrogen-bond donors (Lipinski definition) is 1. The van der Waals surface area contributed by atoms with Crippen LogP contribution in [-0.2, 0) is 16.1 Å². The summed E-state index contributed by atoms with van der Waals surface area (Å²) in [7, 11) is 3.11. The maximum atomic E-state index is 12.0. The van der Waals surface area contributed by atoms with Crippen molar-refractivity contribution in [3.63, 3.8) is 0 Å². The lowest BCUT2D eigenvalue weighted by molar-refractivity contribution is -0.145. The van der Waals surface area contributed by atoms with Gasteiger partial charge in [0, 0.05) is 13.1 Å². The van der Waals surface area contributed by atoms with E-state index in [0.29, 0.717) is 36.8 Å². The zero-order valence-corrected chi connectivity index (χ0v) is 16.3. The Morgan fingerprint density at radius 3 is 2.36 bits per heavy atom. The Labute approximate surface area is 165 Å². The molecule has 0 spiro atoms. The Morgan fingerprint density at radius 2 is 1.75 bits per heavy atom. The van der Waals surface area contributed by atoms with Crippen molar-refractivity contribution >= 4 is 5.97 Å². The number of carboxylic acid groups (broad SMARTS) is 1. The fourth-order valence-electron chi connectivity index (χ4n) is 3.62. The van der Waals surface area contributed by atoms with E-state index < -0.39 is 12.0 Å². The number of likely N-dealkylation sites (tertiary alicyclic amines) is 1. The number of rotatable bonds is 8. The molecule has 1 aliphatic heterocycles. The molecule has 1 saturated heterocycles. The van der Waals surface area contributed by atoms with Gasteiger partial charge in [0.25, 0.3) is 0 Å². The Bertz CT molecular complexity index is 772. The van der Waals surface area contributed by atoms with Crippen molar-refractivity contribution in [3.8, 4) is 11.5 Å². The van der Waals surface area contributed by atoms with Gasteiger partial charge in [-0.25, -0.2) is 0 Å². The molecule has 2 aromatic rings. The average molecular weight is 385 g/mol. The first-order valence-electron chi connectivity index (χ1n) is 9.46. The zero-order valence-electron chi connectivity index (χ0n) is 16.3. The number of carbonyl (C=O) groups is 1. The number of aliphatic carboxylic acids is 1. The molecule has 6 heteroatoms. The summed E-state index contributed by atoms with van der Waals surface area (Å²) in [5, 5.41) is 9.84. The monoisotopic (exact) mass is 385 g/mol. The summed E-state index contributed by atoms with van der Waals surface area (Å²) in [5.41, 5.74) is 1.84. The third-order valence-electron chi connectivity index (χ3n) is 5.13. The van der Waals surface area contributed by atoms with Crippen molar-refractivity contribution in [3.05, 3.63) is 59.7 Å². The number of hydrogen-bond acceptors (Lipinski definition) is 5. The van der Waals surface area contributed by atoms with Gasteiger partial charge in [-0.3, -0.25) is 9.69 Å². The van der Waals surface area contributed by atoms with E-state index in [2.05, 4.69) is 0 Å². The fourth-order valence-corrected chi connectivity index (χ4v) is 3.62. The first-order valence-corrected chi connectivity index (χ1v) is 9.46. The molecule has 1 atom stereocenters. The van der Waals surface area contributed by atoms with E-state index >= 15 is 0 Å². The molecule has 1 N–H and O–H groups in total. The van der Waals surface area contributed by atoms with Gasteiger partial charge in [-0.15, -0.1) is 0 Å². The largest absolute Gasteiger partial charge is 0.493 e. The van der Waals surface area contributed by atoms with Crippen LogP contribution in [-0.4, -0.2) is 49.4 Å². The van der Waals surface area contributed by atoms with Gasteiger partial charge in [0.2, 0.25) is 0 Å². The van der Waals surface area contributed by atoms with Crippen molar-refractivity contribution < 1.29 is 24.1 Å². The van der Waals surface area contributed by atoms with Crippen LogP contribution in [0, 0.1) is 0 Å². The molecule has 1 unspecified atom stereocenters. The minimum Gasteiger partial charge on any atom is -0.493 e. The highest BCUT2D eigenvalue weighted by Gasteiger charge is 2.31. The van der Waals surface area contributed by atoms with Gasteiger partial charge in [0.15, 0.2) is 11.5 Å². The summed E-state index contributed by atoms with van der Waals surface area (Å²) in [6.07, 6.45) is 1.77. The Kier molecular flexibility index (Phi) is 6.90. The fraction of sp³-hybridized carbons (Fsp3) is 0.409. The first kappa shape index (κ1) is 20.2. The minimum absolute atomic E-state index is 0.149. The molecule has 2 aromatic carbocycles. The Balaban J connectivity index is 1.62. The molecule has 6 nitrogen and oxygen atoms in total. The second kappa shape index (κ2) is 9.57. The van der Waals surface area contributed by atoms with Crippen molar-refractivity contribution in [2.24, 2.45) is 0 Å². The third kappa shape index (κ3) is 4.82. The van der Waals surface area contributed by atoms with E-state index in [1.807, 2.05) is 35.2 Å². The van der Waals surface area contributed by atoms with Crippen LogP contribution in [0.3, 0.4) is 0 Å². The van der Waals surface area contributed by atoms with Crippen LogP contribution in [0.25, 0.3) is 0 Å². The van der Waals surface area contributed by atoms with E-state index in [9.17, 15) is 9.90 Å². The number of carboxylic acids is 1. The molecule has 0 bridgehead atoms. The van der Waals surface area contributed by atoms with Crippen LogP contribution >= 0.6 is 0 Å². The van der Waals surface area contributed by atoms with Crippen LogP contribution in [0.1, 0.15) is 30.0 Å². The molecule has 1 fully saturated rings. The highest BCUT2D eigenvalue weighted by atomic mass is 16.5. The van der Waals surface area contributed by atoms with Gasteiger partial charge in [-0.05, 0) is 36.1 Å². The summed E-state index contributed by atoms with van der Waals surface area (Å²) >= 11 is 0. The average Bonchev–Trinajstić information content (AvgIpc) is 2.73. The van der Waals surface area contributed by atoms with Gasteiger partial charge in [-0.2, -0.15) is 0 Å². The second-order valence-corrected chi connectivity index (χ2v) is 6.89. The van der Waals surface area contributed by atoms with Crippen LogP contribution in [0.2, 0.25) is 0 Å². The van der Waals surface area contributed by atoms with E-state index in [0.717, 1.165) is 18.4 Å². The summed E-state index contributed by atoms with van der Waals surface area (Å²) in [5.74, 6) is 0.256. The van der Waals surface area contributed by atoms with Crippen molar-refractivity contribution in [2.45, 2.75) is 31.6 Å². The molecule has 0 amide bonds. The minimum atomic E-state index is -0.865. The summed E-state index contributed by atoms with van der Waals surface area (Å²) in [4.78, 5) is 14.0. The maximum absolute atomic E-state index is 12.0. The normalized spacial score (nSPS) is 16.5. The molecule has 150 valence electrons. The number of benzene rings is 2. The van der Waals surface area contributed by atoms with E-state index in [1.54, 1.807) is 32.4 Å². The predicted molar refractivity (Wildman–Crippen MR) is 106 cm³/mol. The van der Waals surface area contributed by atoms with Crippen molar-refractivity contribution in [1.82, 2.24) is 4.90 Å². The summed E-state index contributed by atoms with van der Waals surface area (Å²) in [6.45, 7) is 1.93. The predicted octanol–water partition coefficient (Wildman–Crippen LogP) is 3.51. The molecular formula is C22H27NO5. The lowest BCUT2D eigenvalue weighted by atomic mass is 10.00. The summed E-state index contributed by atoms with van der Waals surface area (Å²) in [6, 6.07) is 14.7. The van der Waals surface area contributed by atoms with Crippen LogP contribution in [0.5, 0.6) is 11.5 Å². The lowest BCUT2D eigenvalue weighted by Crippen LogP contribution is -2.42. The molecule has 0 aromatic heterocycles. The first-order chi connectivity index (χ1) is 13.6. The van der Waals surface area contributed by atoms with Crippen LogP contribution in [0.4, 0.5) is 0 Å². The highest BCUT2D eigenvalue weighted by Crippen LogP contribution is 2.33. The Hall–Kier alpha value is -2.57. The van der Waals surface area contributed by atoms with E-state index in [1.165, 1.54) is 0 Å². The molecule has 1 heterocycles. The van der Waals surface area contributed by atoms with E-state index in [4.69, 9.17) is 14.2 Å². The van der Waals surface area contributed by atoms with E-state index in [-0.39, 0.29) is 6.10 Å². The number of piperidine rings is 1. The standard InChI is InChI=1S/C22H27NO5/c1-26-19-9-8-17(14-20(19)27-2)21(22(24)25)23-12-10-18(11-13-23)28-15-16-6-4-3-5-7-16/h3-9,14,18,21H,10-13,15H2,1-2H3,(H,24,25).